The number of piperidine rings is 1. The van der Waals surface area contributed by atoms with E-state index in [1.165, 1.54) is 5.56 Å². The Morgan fingerprint density at radius 1 is 1.13 bits per heavy atom. The Hall–Kier alpha value is -0.970. The average Bonchev–Trinajstić information content (AvgIpc) is 2.74. The number of hydrogen-bond donors (Lipinski definition) is 2. The summed E-state index contributed by atoms with van der Waals surface area (Å²) in [6.07, 6.45) is 2.18. The lowest BCUT2D eigenvalue weighted by Crippen LogP contribution is -2.49. The summed E-state index contributed by atoms with van der Waals surface area (Å²) in [7, 11) is 1.84. The highest BCUT2D eigenvalue weighted by Gasteiger charge is 2.20. The summed E-state index contributed by atoms with van der Waals surface area (Å²) in [5.41, 5.74) is 1.17. The minimum Gasteiger partial charge on any atom is -0.379 e. The van der Waals surface area contributed by atoms with E-state index in [0.29, 0.717) is 12.0 Å². The Labute approximate surface area is 197 Å². The quantitative estimate of drug-likeness (QED) is 0.321. The van der Waals surface area contributed by atoms with Gasteiger partial charge < -0.3 is 15.4 Å². The van der Waals surface area contributed by atoms with Crippen molar-refractivity contribution in [3.8, 4) is 0 Å². The minimum absolute atomic E-state index is 0. The number of rotatable bonds is 7. The Balaban J connectivity index is 0.00000320. The summed E-state index contributed by atoms with van der Waals surface area (Å²) in [5, 5.41) is 7.08. The van der Waals surface area contributed by atoms with Crippen LogP contribution in [0, 0.1) is 11.7 Å². The molecule has 1 aromatic carbocycles. The number of benzene rings is 1. The van der Waals surface area contributed by atoms with Crippen molar-refractivity contribution in [2.75, 3.05) is 59.5 Å². The molecule has 3 rings (SSSR count). The van der Waals surface area contributed by atoms with Crippen molar-refractivity contribution in [1.29, 1.82) is 0 Å². The number of morpholine rings is 1. The third kappa shape index (κ3) is 8.64. The van der Waals surface area contributed by atoms with Gasteiger partial charge in [-0.1, -0.05) is 19.1 Å². The lowest BCUT2D eigenvalue weighted by Gasteiger charge is -2.33. The molecule has 30 heavy (non-hydrogen) atoms. The van der Waals surface area contributed by atoms with Crippen LogP contribution in [0.1, 0.15) is 25.3 Å². The zero-order chi connectivity index (χ0) is 20.5. The zero-order valence-electron chi connectivity index (χ0n) is 18.3. The highest BCUT2D eigenvalue weighted by Crippen LogP contribution is 2.14. The first-order valence-corrected chi connectivity index (χ1v) is 10.9. The maximum Gasteiger partial charge on any atom is 0.191 e. The van der Waals surface area contributed by atoms with Crippen LogP contribution >= 0.6 is 24.0 Å². The van der Waals surface area contributed by atoms with Gasteiger partial charge in [0, 0.05) is 58.9 Å². The molecule has 0 amide bonds. The van der Waals surface area contributed by atoms with Crippen molar-refractivity contribution in [3.63, 3.8) is 0 Å². The van der Waals surface area contributed by atoms with E-state index >= 15 is 0 Å². The fourth-order valence-corrected chi connectivity index (χ4v) is 4.03. The second-order valence-corrected chi connectivity index (χ2v) is 8.29. The molecule has 0 aromatic heterocycles. The number of nitrogens with one attached hydrogen (secondary N) is 2. The molecule has 1 aromatic rings. The number of guanidine groups is 1. The second kappa shape index (κ2) is 13.4. The Bertz CT molecular complexity index is 631. The molecule has 8 heteroatoms. The van der Waals surface area contributed by atoms with E-state index < -0.39 is 0 Å². The lowest BCUT2D eigenvalue weighted by atomic mass is 10.0. The molecule has 1 atom stereocenters. The monoisotopic (exact) mass is 533 g/mol. The lowest BCUT2D eigenvalue weighted by molar-refractivity contribution is 0.0320. The van der Waals surface area contributed by atoms with E-state index in [0.717, 1.165) is 77.8 Å². The van der Waals surface area contributed by atoms with Crippen LogP contribution in [-0.4, -0.2) is 81.3 Å². The normalized spacial score (nSPS) is 20.4. The molecule has 0 spiro atoms. The predicted octanol–water partition coefficient (Wildman–Crippen LogP) is 2.54. The van der Waals surface area contributed by atoms with E-state index in [2.05, 4.69) is 32.3 Å². The number of aliphatic imine (C=N–C) groups is 1. The maximum atomic E-state index is 13.1. The Kier molecular flexibility index (Phi) is 11.3. The average molecular weight is 533 g/mol. The first kappa shape index (κ1) is 25.3. The second-order valence-electron chi connectivity index (χ2n) is 8.29. The molecule has 0 aliphatic carbocycles. The summed E-state index contributed by atoms with van der Waals surface area (Å²) < 4.78 is 18.5. The summed E-state index contributed by atoms with van der Waals surface area (Å²) >= 11 is 0. The van der Waals surface area contributed by atoms with Crippen LogP contribution in [0.3, 0.4) is 0 Å². The van der Waals surface area contributed by atoms with Crippen molar-refractivity contribution >= 4 is 29.9 Å². The van der Waals surface area contributed by atoms with Crippen LogP contribution in [0.25, 0.3) is 0 Å². The van der Waals surface area contributed by atoms with Gasteiger partial charge in [0.1, 0.15) is 5.82 Å². The van der Waals surface area contributed by atoms with Crippen LogP contribution in [-0.2, 0) is 11.3 Å². The number of likely N-dealkylation sites (tertiary alicyclic amines) is 1. The van der Waals surface area contributed by atoms with Crippen molar-refractivity contribution in [3.05, 3.63) is 35.6 Å². The minimum atomic E-state index is -0.171. The van der Waals surface area contributed by atoms with Crippen molar-refractivity contribution < 1.29 is 9.13 Å². The number of halogens is 2. The topological polar surface area (TPSA) is 52.1 Å². The van der Waals surface area contributed by atoms with Gasteiger partial charge in [-0.2, -0.15) is 0 Å². The molecule has 6 nitrogen and oxygen atoms in total. The zero-order valence-corrected chi connectivity index (χ0v) is 20.6. The summed E-state index contributed by atoms with van der Waals surface area (Å²) in [4.78, 5) is 9.32. The fourth-order valence-electron chi connectivity index (χ4n) is 4.03. The number of ether oxygens (including phenoxy) is 1. The molecule has 0 saturated carbocycles. The van der Waals surface area contributed by atoms with E-state index in [4.69, 9.17) is 4.74 Å². The van der Waals surface area contributed by atoms with E-state index in [1.807, 2.05) is 19.2 Å². The highest BCUT2D eigenvalue weighted by molar-refractivity contribution is 14.0. The molecule has 2 N–H and O–H groups in total. The van der Waals surface area contributed by atoms with Gasteiger partial charge in [0.2, 0.25) is 0 Å². The molecule has 0 bridgehead atoms. The summed E-state index contributed by atoms with van der Waals surface area (Å²) in [5.74, 6) is 1.29. The molecule has 1 unspecified atom stereocenters. The van der Waals surface area contributed by atoms with Gasteiger partial charge in [-0.05, 0) is 36.5 Å². The van der Waals surface area contributed by atoms with Crippen LogP contribution in [0.2, 0.25) is 0 Å². The van der Waals surface area contributed by atoms with Gasteiger partial charge in [-0.15, -0.1) is 24.0 Å². The molecule has 0 radical (unpaired) electrons. The van der Waals surface area contributed by atoms with Gasteiger partial charge in [0.25, 0.3) is 0 Å². The van der Waals surface area contributed by atoms with E-state index in [9.17, 15) is 4.39 Å². The Morgan fingerprint density at radius 3 is 2.43 bits per heavy atom. The molecule has 2 aliphatic heterocycles. The standard InChI is InChI=1S/C22H36FN5O.HI/c1-18(16-28-11-13-29-14-12-28)15-25-22(24-2)26-21-7-9-27(10-8-21)17-19-3-5-20(23)6-4-19;/h3-6,18,21H,7-17H2,1-2H3,(H2,24,25,26);1H. The third-order valence-corrected chi connectivity index (χ3v) is 5.76. The van der Waals surface area contributed by atoms with Crippen molar-refractivity contribution in [2.24, 2.45) is 10.9 Å². The van der Waals surface area contributed by atoms with Crippen LogP contribution in [0.4, 0.5) is 4.39 Å². The van der Waals surface area contributed by atoms with Crippen molar-refractivity contribution in [1.82, 2.24) is 20.4 Å². The predicted molar refractivity (Wildman–Crippen MR) is 131 cm³/mol. The fraction of sp³-hybridized carbons (Fsp3) is 0.682. The molecule has 2 fully saturated rings. The van der Waals surface area contributed by atoms with Gasteiger partial charge in [-0.25, -0.2) is 4.39 Å². The van der Waals surface area contributed by atoms with Gasteiger partial charge >= 0.3 is 0 Å². The van der Waals surface area contributed by atoms with Gasteiger partial charge in [-0.3, -0.25) is 14.8 Å². The molecular weight excluding hydrogens is 496 g/mol. The van der Waals surface area contributed by atoms with Gasteiger partial charge in [0.15, 0.2) is 5.96 Å². The first-order valence-electron chi connectivity index (χ1n) is 10.9. The Morgan fingerprint density at radius 2 is 1.80 bits per heavy atom. The van der Waals surface area contributed by atoms with Crippen LogP contribution < -0.4 is 10.6 Å². The smallest absolute Gasteiger partial charge is 0.191 e. The molecule has 2 saturated heterocycles. The maximum absolute atomic E-state index is 13.1. The largest absolute Gasteiger partial charge is 0.379 e. The summed E-state index contributed by atoms with van der Waals surface area (Å²) in [6.45, 7) is 11.0. The molecule has 2 heterocycles. The summed E-state index contributed by atoms with van der Waals surface area (Å²) in [6, 6.07) is 7.28. The number of hydrogen-bond acceptors (Lipinski definition) is 4. The first-order chi connectivity index (χ1) is 14.1. The van der Waals surface area contributed by atoms with Crippen molar-refractivity contribution in [2.45, 2.75) is 32.4 Å². The van der Waals surface area contributed by atoms with Gasteiger partial charge in [0.05, 0.1) is 13.2 Å². The molecule has 170 valence electrons. The van der Waals surface area contributed by atoms with Crippen LogP contribution in [0.5, 0.6) is 0 Å². The highest BCUT2D eigenvalue weighted by atomic mass is 127. The van der Waals surface area contributed by atoms with Crippen LogP contribution in [0.15, 0.2) is 29.3 Å². The van der Waals surface area contributed by atoms with E-state index in [-0.39, 0.29) is 29.8 Å². The molecular formula is C22H37FIN5O. The van der Waals surface area contributed by atoms with E-state index in [1.54, 1.807) is 12.1 Å². The third-order valence-electron chi connectivity index (χ3n) is 5.76. The SMILES string of the molecule is CN=C(NCC(C)CN1CCOCC1)NC1CCN(Cc2ccc(F)cc2)CC1.I. The molecule has 2 aliphatic rings. The number of nitrogens with zero attached hydrogens (tertiary/aromatic N) is 3.